The first kappa shape index (κ1) is 25.3. The summed E-state index contributed by atoms with van der Waals surface area (Å²) >= 11 is 0. The zero-order valence-electron chi connectivity index (χ0n) is 21.1. The van der Waals surface area contributed by atoms with E-state index in [-0.39, 0.29) is 34.9 Å². The lowest BCUT2D eigenvalue weighted by Crippen LogP contribution is -2.67. The van der Waals surface area contributed by atoms with Gasteiger partial charge < -0.3 is 14.2 Å². The summed E-state index contributed by atoms with van der Waals surface area (Å²) < 4.78 is 18.0. The minimum atomic E-state index is -0.498. The Morgan fingerprint density at radius 1 is 1.09 bits per heavy atom. The van der Waals surface area contributed by atoms with E-state index in [1.807, 2.05) is 13.0 Å². The molecule has 0 aromatic rings. The van der Waals surface area contributed by atoms with Crippen molar-refractivity contribution in [1.82, 2.24) is 0 Å². The van der Waals surface area contributed by atoms with Crippen LogP contribution in [0, 0.1) is 22.7 Å². The first-order valence-corrected chi connectivity index (χ1v) is 12.6. The van der Waals surface area contributed by atoms with Gasteiger partial charge in [0.05, 0.1) is 17.8 Å². The third-order valence-electron chi connectivity index (χ3n) is 8.76. The molecule has 0 bridgehead atoms. The fourth-order valence-corrected chi connectivity index (χ4v) is 7.53. The summed E-state index contributed by atoms with van der Waals surface area (Å²) in [4.78, 5) is 24.9. The molecule has 5 heteroatoms. The van der Waals surface area contributed by atoms with Gasteiger partial charge in [0, 0.05) is 12.3 Å². The van der Waals surface area contributed by atoms with Crippen LogP contribution in [0.5, 0.6) is 0 Å². The van der Waals surface area contributed by atoms with Crippen LogP contribution in [0.15, 0.2) is 12.7 Å². The van der Waals surface area contributed by atoms with E-state index in [0.717, 1.165) is 38.5 Å². The molecule has 0 aromatic carbocycles. The molecule has 1 heterocycles. The van der Waals surface area contributed by atoms with Crippen molar-refractivity contribution < 1.29 is 23.8 Å². The van der Waals surface area contributed by atoms with Crippen LogP contribution in [-0.4, -0.2) is 35.9 Å². The number of ether oxygens (including phenoxy) is 3. The minimum Gasteiger partial charge on any atom is -0.465 e. The first-order valence-electron chi connectivity index (χ1n) is 12.6. The van der Waals surface area contributed by atoms with Gasteiger partial charge in [-0.2, -0.15) is 0 Å². The SMILES string of the molecule is C=C[C@@]1(C)CC[C@H]2[C@@]3(C)CCCC(C)(C)[C@@H]3[C@@H](OC(=O)CC(=O)OCCCC)C[C@@]2(C)O1. The largest absolute Gasteiger partial charge is 0.465 e. The standard InChI is InChI=1S/C27H44O5/c1-8-10-16-30-21(28)17-22(29)31-19-18-27(7)20(12-15-25(5,9-2)32-27)26(6)14-11-13-24(3,4)23(19)26/h9,19-20,23H,2,8,10-18H2,1,3-7H3/t19-,20-,23-,25-,26+,27+/m0/s1. The van der Waals surface area contributed by atoms with Gasteiger partial charge in [-0.15, -0.1) is 6.58 Å². The molecule has 0 radical (unpaired) electrons. The summed E-state index contributed by atoms with van der Waals surface area (Å²) in [6.07, 6.45) is 9.18. The first-order chi connectivity index (χ1) is 14.9. The van der Waals surface area contributed by atoms with Crippen LogP contribution in [0.3, 0.4) is 0 Å². The second-order valence-corrected chi connectivity index (χ2v) is 11.8. The lowest BCUT2D eigenvalue weighted by atomic mass is 9.43. The Labute approximate surface area is 194 Å². The molecule has 1 saturated heterocycles. The summed E-state index contributed by atoms with van der Waals surface area (Å²) in [5, 5.41) is 0. The van der Waals surface area contributed by atoms with Crippen LogP contribution in [0.4, 0.5) is 0 Å². The van der Waals surface area contributed by atoms with Gasteiger partial charge in [0.25, 0.3) is 0 Å². The molecule has 32 heavy (non-hydrogen) atoms. The quantitative estimate of drug-likeness (QED) is 0.207. The zero-order valence-corrected chi connectivity index (χ0v) is 21.1. The van der Waals surface area contributed by atoms with Crippen LogP contribution in [0.2, 0.25) is 0 Å². The fourth-order valence-electron chi connectivity index (χ4n) is 7.53. The van der Waals surface area contributed by atoms with E-state index in [9.17, 15) is 9.59 Å². The summed E-state index contributed by atoms with van der Waals surface area (Å²) in [6, 6.07) is 0. The van der Waals surface area contributed by atoms with Crippen LogP contribution < -0.4 is 0 Å². The Hall–Kier alpha value is -1.36. The Kier molecular flexibility index (Phi) is 7.20. The van der Waals surface area contributed by atoms with Crippen molar-refractivity contribution in [3.8, 4) is 0 Å². The number of esters is 2. The molecule has 0 unspecified atom stereocenters. The van der Waals surface area contributed by atoms with Crippen LogP contribution >= 0.6 is 0 Å². The Morgan fingerprint density at radius 2 is 1.81 bits per heavy atom. The van der Waals surface area contributed by atoms with Gasteiger partial charge in [0.2, 0.25) is 0 Å². The Bertz CT molecular complexity index is 730. The van der Waals surface area contributed by atoms with E-state index in [1.54, 1.807) is 0 Å². The summed E-state index contributed by atoms with van der Waals surface area (Å²) in [5.74, 6) is -0.341. The van der Waals surface area contributed by atoms with Crippen molar-refractivity contribution >= 4 is 11.9 Å². The van der Waals surface area contributed by atoms with Crippen LogP contribution in [0.25, 0.3) is 0 Å². The second kappa shape index (κ2) is 9.12. The maximum Gasteiger partial charge on any atom is 0.317 e. The molecule has 0 N–H and O–H groups in total. The van der Waals surface area contributed by atoms with Crippen molar-refractivity contribution in [2.75, 3.05) is 6.61 Å². The fraction of sp³-hybridized carbons (Fsp3) is 0.852. The normalized spacial score (nSPS) is 40.5. The van der Waals surface area contributed by atoms with E-state index in [4.69, 9.17) is 14.2 Å². The molecule has 0 amide bonds. The minimum absolute atomic E-state index is 0.0177. The van der Waals surface area contributed by atoms with Gasteiger partial charge >= 0.3 is 11.9 Å². The third-order valence-corrected chi connectivity index (χ3v) is 8.76. The number of carbonyl (C=O) groups is 2. The second-order valence-electron chi connectivity index (χ2n) is 11.8. The molecule has 1 aliphatic heterocycles. The molecule has 182 valence electrons. The maximum atomic E-state index is 12.8. The number of unbranched alkanes of at least 4 members (excludes halogenated alkanes) is 1. The third kappa shape index (κ3) is 4.78. The average molecular weight is 449 g/mol. The smallest absolute Gasteiger partial charge is 0.317 e. The molecule has 3 rings (SSSR count). The molecule has 5 nitrogen and oxygen atoms in total. The molecule has 3 fully saturated rings. The predicted octanol–water partition coefficient (Wildman–Crippen LogP) is 6.00. The molecular weight excluding hydrogens is 404 g/mol. The van der Waals surface area contributed by atoms with E-state index in [1.165, 1.54) is 6.42 Å². The highest BCUT2D eigenvalue weighted by molar-refractivity contribution is 5.91. The van der Waals surface area contributed by atoms with E-state index >= 15 is 0 Å². The monoisotopic (exact) mass is 448 g/mol. The Morgan fingerprint density at radius 3 is 2.47 bits per heavy atom. The van der Waals surface area contributed by atoms with Crippen molar-refractivity contribution in [2.24, 2.45) is 22.7 Å². The molecular formula is C27H44O5. The average Bonchev–Trinajstić information content (AvgIpc) is 2.66. The van der Waals surface area contributed by atoms with Crippen molar-refractivity contribution in [3.05, 3.63) is 12.7 Å². The van der Waals surface area contributed by atoms with Gasteiger partial charge in [-0.3, -0.25) is 9.59 Å². The summed E-state index contributed by atoms with van der Waals surface area (Å²) in [5.41, 5.74) is -0.688. The van der Waals surface area contributed by atoms with Gasteiger partial charge in [-0.25, -0.2) is 0 Å². The Balaban J connectivity index is 1.84. The molecule has 2 saturated carbocycles. The number of hydrogen-bond acceptors (Lipinski definition) is 5. The van der Waals surface area contributed by atoms with Gasteiger partial charge in [0.1, 0.15) is 12.5 Å². The predicted molar refractivity (Wildman–Crippen MR) is 125 cm³/mol. The maximum absolute atomic E-state index is 12.8. The van der Waals surface area contributed by atoms with E-state index < -0.39 is 17.5 Å². The molecule has 6 atom stereocenters. The summed E-state index contributed by atoms with van der Waals surface area (Å²) in [6.45, 7) is 17.7. The van der Waals surface area contributed by atoms with Crippen molar-refractivity contribution in [3.63, 3.8) is 0 Å². The highest BCUT2D eigenvalue weighted by atomic mass is 16.6. The van der Waals surface area contributed by atoms with Crippen LogP contribution in [0.1, 0.15) is 99.3 Å². The molecule has 2 aliphatic carbocycles. The van der Waals surface area contributed by atoms with Gasteiger partial charge in [0.15, 0.2) is 0 Å². The lowest BCUT2D eigenvalue weighted by molar-refractivity contribution is -0.279. The van der Waals surface area contributed by atoms with Crippen LogP contribution in [-0.2, 0) is 23.8 Å². The number of fused-ring (bicyclic) bond motifs is 3. The topological polar surface area (TPSA) is 61.8 Å². The zero-order chi connectivity index (χ0) is 23.8. The van der Waals surface area contributed by atoms with E-state index in [0.29, 0.717) is 18.9 Å². The molecule has 0 aromatic heterocycles. The van der Waals surface area contributed by atoms with Crippen molar-refractivity contribution in [1.29, 1.82) is 0 Å². The summed E-state index contributed by atoms with van der Waals surface area (Å²) in [7, 11) is 0. The lowest BCUT2D eigenvalue weighted by Gasteiger charge is -2.66. The highest BCUT2D eigenvalue weighted by Gasteiger charge is 2.65. The van der Waals surface area contributed by atoms with Gasteiger partial charge in [-0.1, -0.05) is 46.6 Å². The number of rotatable bonds is 7. The van der Waals surface area contributed by atoms with E-state index in [2.05, 4.69) is 41.2 Å². The number of carbonyl (C=O) groups excluding carboxylic acids is 2. The highest BCUT2D eigenvalue weighted by Crippen LogP contribution is 2.66. The molecule has 3 aliphatic rings. The number of hydrogen-bond donors (Lipinski definition) is 0. The van der Waals surface area contributed by atoms with Crippen molar-refractivity contribution in [2.45, 2.75) is 117 Å². The molecule has 0 spiro atoms. The van der Waals surface area contributed by atoms with Gasteiger partial charge in [-0.05, 0) is 62.7 Å².